The molecular weight excluding hydrogens is 313 g/mol. The summed E-state index contributed by atoms with van der Waals surface area (Å²) in [6.45, 7) is 0.174. The summed E-state index contributed by atoms with van der Waals surface area (Å²) in [5.74, 6) is -0.365. The van der Waals surface area contributed by atoms with Gasteiger partial charge < -0.3 is 0 Å². The third-order valence-electron chi connectivity index (χ3n) is 2.70. The highest BCUT2D eigenvalue weighted by atomic mass is 35.5. The van der Waals surface area contributed by atoms with E-state index < -0.39 is 10.0 Å². The van der Waals surface area contributed by atoms with E-state index in [2.05, 4.69) is 4.72 Å². The fourth-order valence-corrected chi connectivity index (χ4v) is 2.50. The van der Waals surface area contributed by atoms with Crippen LogP contribution in [0, 0.1) is 5.82 Å². The molecule has 110 valence electrons. The quantitative estimate of drug-likeness (QED) is 0.913. The van der Waals surface area contributed by atoms with Gasteiger partial charge >= 0.3 is 0 Å². The minimum Gasteiger partial charge on any atom is -0.208 e. The molecule has 0 aliphatic heterocycles. The number of benzene rings is 2. The van der Waals surface area contributed by atoms with Crippen molar-refractivity contribution in [3.63, 3.8) is 0 Å². The first-order valence-corrected chi connectivity index (χ1v) is 8.05. The lowest BCUT2D eigenvalue weighted by molar-refractivity contribution is 0.591. The average Bonchev–Trinajstić information content (AvgIpc) is 2.46. The van der Waals surface area contributed by atoms with E-state index >= 15 is 0 Å². The molecule has 0 saturated carbocycles. The molecule has 1 N–H and O–H groups in total. The van der Waals surface area contributed by atoms with Gasteiger partial charge in [0.2, 0.25) is 10.0 Å². The van der Waals surface area contributed by atoms with E-state index in [4.69, 9.17) is 11.6 Å². The molecule has 0 aliphatic carbocycles. The predicted molar refractivity (Wildman–Crippen MR) is 82.6 cm³/mol. The van der Waals surface area contributed by atoms with Crippen LogP contribution in [-0.4, -0.2) is 8.42 Å². The van der Waals surface area contributed by atoms with Gasteiger partial charge in [0, 0.05) is 17.0 Å². The van der Waals surface area contributed by atoms with Crippen LogP contribution in [0.1, 0.15) is 11.1 Å². The highest BCUT2D eigenvalue weighted by Crippen LogP contribution is 2.10. The number of nitrogens with one attached hydrogen (secondary N) is 1. The van der Waals surface area contributed by atoms with Gasteiger partial charge in [-0.25, -0.2) is 17.5 Å². The summed E-state index contributed by atoms with van der Waals surface area (Å²) >= 11 is 5.75. The summed E-state index contributed by atoms with van der Waals surface area (Å²) in [5.41, 5.74) is 1.41. The van der Waals surface area contributed by atoms with Gasteiger partial charge in [-0.1, -0.05) is 35.9 Å². The van der Waals surface area contributed by atoms with Crippen LogP contribution < -0.4 is 4.72 Å². The first kappa shape index (κ1) is 15.7. The molecule has 0 amide bonds. The van der Waals surface area contributed by atoms with Crippen LogP contribution in [0.3, 0.4) is 0 Å². The second-order valence-corrected chi connectivity index (χ2v) is 6.43. The monoisotopic (exact) mass is 325 g/mol. The maximum atomic E-state index is 12.7. The average molecular weight is 326 g/mol. The molecule has 0 fully saturated rings. The van der Waals surface area contributed by atoms with Crippen molar-refractivity contribution in [1.29, 1.82) is 0 Å². The highest BCUT2D eigenvalue weighted by Gasteiger charge is 2.05. The zero-order valence-corrected chi connectivity index (χ0v) is 12.5. The summed E-state index contributed by atoms with van der Waals surface area (Å²) in [7, 11) is -3.56. The van der Waals surface area contributed by atoms with Crippen LogP contribution in [0.5, 0.6) is 0 Å². The van der Waals surface area contributed by atoms with E-state index in [1.807, 2.05) is 0 Å². The Morgan fingerprint density at radius 3 is 2.29 bits per heavy atom. The molecule has 2 rings (SSSR count). The fourth-order valence-electron chi connectivity index (χ4n) is 1.58. The van der Waals surface area contributed by atoms with Crippen molar-refractivity contribution in [2.24, 2.45) is 0 Å². The Kier molecular flexibility index (Phi) is 5.12. The molecule has 2 aromatic carbocycles. The molecule has 3 nitrogen and oxygen atoms in total. The first-order chi connectivity index (χ1) is 9.94. The van der Waals surface area contributed by atoms with Crippen LogP contribution >= 0.6 is 11.6 Å². The largest absolute Gasteiger partial charge is 0.234 e. The molecule has 0 spiro atoms. The van der Waals surface area contributed by atoms with Crippen molar-refractivity contribution >= 4 is 27.7 Å². The van der Waals surface area contributed by atoms with Crippen LogP contribution in [0.25, 0.3) is 6.08 Å². The topological polar surface area (TPSA) is 46.2 Å². The molecule has 0 bridgehead atoms. The second kappa shape index (κ2) is 6.85. The third kappa shape index (κ3) is 5.30. The highest BCUT2D eigenvalue weighted by molar-refractivity contribution is 7.92. The van der Waals surface area contributed by atoms with Crippen molar-refractivity contribution in [3.8, 4) is 0 Å². The number of rotatable bonds is 5. The molecule has 0 saturated heterocycles. The van der Waals surface area contributed by atoms with E-state index in [0.717, 1.165) is 11.0 Å². The number of sulfonamides is 1. The van der Waals surface area contributed by atoms with Crippen molar-refractivity contribution in [1.82, 2.24) is 4.72 Å². The normalized spacial score (nSPS) is 11.9. The summed E-state index contributed by atoms with van der Waals surface area (Å²) in [6.07, 6.45) is 1.41. The molecule has 0 aliphatic rings. The molecule has 21 heavy (non-hydrogen) atoms. The van der Waals surface area contributed by atoms with Gasteiger partial charge in [0.15, 0.2) is 0 Å². The van der Waals surface area contributed by atoms with Crippen molar-refractivity contribution in [2.75, 3.05) is 0 Å². The van der Waals surface area contributed by atoms with Crippen LogP contribution in [-0.2, 0) is 16.6 Å². The zero-order chi connectivity index (χ0) is 15.3. The third-order valence-corrected chi connectivity index (χ3v) is 3.99. The summed E-state index contributed by atoms with van der Waals surface area (Å²) in [4.78, 5) is 0. The number of hydrogen-bond donors (Lipinski definition) is 1. The molecule has 0 radical (unpaired) electrons. The number of halogens is 2. The summed E-state index contributed by atoms with van der Waals surface area (Å²) in [5, 5.41) is 1.65. The minimum atomic E-state index is -3.56. The van der Waals surface area contributed by atoms with Crippen molar-refractivity contribution in [2.45, 2.75) is 6.54 Å². The Labute approximate surface area is 128 Å². The molecule has 0 unspecified atom stereocenters. The van der Waals surface area contributed by atoms with E-state index in [1.165, 1.54) is 30.3 Å². The SMILES string of the molecule is O=S(=O)(/C=C/c1ccc(F)cc1)NCc1ccc(Cl)cc1. The smallest absolute Gasteiger partial charge is 0.208 e. The van der Waals surface area contributed by atoms with Gasteiger partial charge in [0.05, 0.1) is 0 Å². The van der Waals surface area contributed by atoms with Gasteiger partial charge in [-0.05, 0) is 41.5 Å². The van der Waals surface area contributed by atoms with Crippen molar-refractivity contribution < 1.29 is 12.8 Å². The van der Waals surface area contributed by atoms with Crippen LogP contribution in [0.15, 0.2) is 53.9 Å². The second-order valence-electron chi connectivity index (χ2n) is 4.35. The van der Waals surface area contributed by atoms with E-state index in [0.29, 0.717) is 10.6 Å². The maximum Gasteiger partial charge on any atom is 0.234 e. The summed E-state index contributed by atoms with van der Waals surface area (Å²) in [6, 6.07) is 12.4. The van der Waals surface area contributed by atoms with Gasteiger partial charge in [-0.15, -0.1) is 0 Å². The van der Waals surface area contributed by atoms with Gasteiger partial charge in [-0.2, -0.15) is 0 Å². The molecule has 6 heteroatoms. The molecular formula is C15H13ClFNO2S. The van der Waals surface area contributed by atoms with Gasteiger partial charge in [0.25, 0.3) is 0 Å². The minimum absolute atomic E-state index is 0.174. The van der Waals surface area contributed by atoms with E-state index in [1.54, 1.807) is 24.3 Å². The molecule has 0 heterocycles. The Hall–Kier alpha value is -1.69. The Balaban J connectivity index is 1.98. The Bertz CT molecular complexity index is 725. The maximum absolute atomic E-state index is 12.7. The lowest BCUT2D eigenvalue weighted by atomic mass is 10.2. The van der Waals surface area contributed by atoms with Crippen molar-refractivity contribution in [3.05, 3.63) is 75.9 Å². The zero-order valence-electron chi connectivity index (χ0n) is 11.0. The fraction of sp³-hybridized carbons (Fsp3) is 0.0667. The predicted octanol–water partition coefficient (Wildman–Crippen LogP) is 3.57. The standard InChI is InChI=1S/C15H13ClFNO2S/c16-14-5-1-13(2-6-14)11-18-21(19,20)10-9-12-3-7-15(17)8-4-12/h1-10,18H,11H2/b10-9+. The molecule has 0 aromatic heterocycles. The first-order valence-electron chi connectivity index (χ1n) is 6.12. The van der Waals surface area contributed by atoms with Crippen LogP contribution in [0.4, 0.5) is 4.39 Å². The van der Waals surface area contributed by atoms with Gasteiger partial charge in [-0.3, -0.25) is 0 Å². The lowest BCUT2D eigenvalue weighted by Crippen LogP contribution is -2.20. The van der Waals surface area contributed by atoms with Crippen LogP contribution in [0.2, 0.25) is 5.02 Å². The Morgan fingerprint density at radius 2 is 1.67 bits per heavy atom. The molecule has 2 aromatic rings. The van der Waals surface area contributed by atoms with E-state index in [9.17, 15) is 12.8 Å². The Morgan fingerprint density at radius 1 is 1.05 bits per heavy atom. The number of hydrogen-bond acceptors (Lipinski definition) is 2. The summed E-state index contributed by atoms with van der Waals surface area (Å²) < 4.78 is 38.8. The lowest BCUT2D eigenvalue weighted by Gasteiger charge is -2.03. The molecule has 0 atom stereocenters. The van der Waals surface area contributed by atoms with E-state index in [-0.39, 0.29) is 12.4 Å². The van der Waals surface area contributed by atoms with Gasteiger partial charge in [0.1, 0.15) is 5.82 Å².